The Labute approximate surface area is 90.6 Å². The Bertz CT molecular complexity index is 455. The molecule has 0 atom stereocenters. The van der Waals surface area contributed by atoms with Gasteiger partial charge in [0.15, 0.2) is 0 Å². The average Bonchev–Trinajstić information content (AvgIpc) is 2.16. The number of carbonyl (C=O) groups is 1. The number of carboxylic acid groups (broad SMARTS) is 1. The Hall–Kier alpha value is -1.82. The quantitative estimate of drug-likeness (QED) is 0.356. The predicted molar refractivity (Wildman–Crippen MR) is 57.0 cm³/mol. The third-order valence-electron chi connectivity index (χ3n) is 1.78. The van der Waals surface area contributed by atoms with E-state index in [2.05, 4.69) is 19.2 Å². The number of rotatable bonds is 3. The molecule has 0 aromatic heterocycles. The normalized spacial score (nSPS) is 9.67. The van der Waals surface area contributed by atoms with Crippen LogP contribution in [-0.4, -0.2) is 16.0 Å². The largest absolute Gasteiger partial charge is 0.478 e. The molecule has 0 amide bonds. The summed E-state index contributed by atoms with van der Waals surface area (Å²) in [6.45, 7) is 3.31. The van der Waals surface area contributed by atoms with Crippen LogP contribution in [0, 0.1) is 10.1 Å². The lowest BCUT2D eigenvalue weighted by Crippen LogP contribution is -1.99. The fraction of sp³-hybridized carbons (Fsp3) is 0. The highest BCUT2D eigenvalue weighted by molar-refractivity contribution is 7.80. The number of nitro benzene ring substituents is 1. The SMILES string of the molecule is C=C(C(=O)O)c1ccc(S)c([N+](=O)[O-])c1. The van der Waals surface area contributed by atoms with Crippen LogP contribution in [0.3, 0.4) is 0 Å². The molecule has 6 heteroatoms. The molecule has 0 saturated carbocycles. The zero-order chi connectivity index (χ0) is 11.6. The summed E-state index contributed by atoms with van der Waals surface area (Å²) in [6.07, 6.45) is 0. The fourth-order valence-electron chi connectivity index (χ4n) is 0.981. The smallest absolute Gasteiger partial charge is 0.335 e. The Kier molecular flexibility index (Phi) is 3.11. The molecule has 5 nitrogen and oxygen atoms in total. The van der Waals surface area contributed by atoms with Crippen molar-refractivity contribution >= 4 is 29.9 Å². The van der Waals surface area contributed by atoms with Crippen LogP contribution in [0.1, 0.15) is 5.56 Å². The summed E-state index contributed by atoms with van der Waals surface area (Å²) >= 11 is 3.89. The minimum Gasteiger partial charge on any atom is -0.478 e. The van der Waals surface area contributed by atoms with E-state index >= 15 is 0 Å². The Balaban J connectivity index is 3.25. The number of aliphatic carboxylic acids is 1. The van der Waals surface area contributed by atoms with E-state index in [4.69, 9.17) is 5.11 Å². The highest BCUT2D eigenvalue weighted by Gasteiger charge is 2.15. The molecule has 1 aromatic carbocycles. The van der Waals surface area contributed by atoms with Crippen molar-refractivity contribution in [3.05, 3.63) is 40.5 Å². The van der Waals surface area contributed by atoms with E-state index in [0.717, 1.165) is 6.07 Å². The van der Waals surface area contributed by atoms with Gasteiger partial charge in [0.1, 0.15) is 0 Å². The summed E-state index contributed by atoms with van der Waals surface area (Å²) in [5.41, 5.74) is -0.225. The van der Waals surface area contributed by atoms with Crippen LogP contribution in [0.5, 0.6) is 0 Å². The molecule has 0 spiro atoms. The minimum atomic E-state index is -1.21. The molecule has 0 radical (unpaired) electrons. The maximum Gasteiger partial charge on any atom is 0.335 e. The average molecular weight is 225 g/mol. The number of thiol groups is 1. The zero-order valence-corrected chi connectivity index (χ0v) is 8.40. The maximum atomic E-state index is 10.6. The van der Waals surface area contributed by atoms with E-state index in [0.29, 0.717) is 0 Å². The van der Waals surface area contributed by atoms with Crippen LogP contribution < -0.4 is 0 Å². The first-order valence-electron chi connectivity index (χ1n) is 3.83. The molecule has 0 bridgehead atoms. The van der Waals surface area contributed by atoms with Crippen molar-refractivity contribution in [1.29, 1.82) is 0 Å². The summed E-state index contributed by atoms with van der Waals surface area (Å²) < 4.78 is 0. The lowest BCUT2D eigenvalue weighted by Gasteiger charge is -2.01. The Morgan fingerprint density at radius 3 is 2.60 bits per heavy atom. The van der Waals surface area contributed by atoms with Gasteiger partial charge in [0.05, 0.1) is 15.4 Å². The minimum absolute atomic E-state index is 0.182. The van der Waals surface area contributed by atoms with Gasteiger partial charge in [0.2, 0.25) is 0 Å². The molecule has 0 aliphatic heterocycles. The first kappa shape index (κ1) is 11.3. The van der Waals surface area contributed by atoms with Crippen molar-refractivity contribution in [2.75, 3.05) is 0 Å². The van der Waals surface area contributed by atoms with Gasteiger partial charge in [0.25, 0.3) is 5.69 Å². The summed E-state index contributed by atoms with van der Waals surface area (Å²) in [7, 11) is 0. The van der Waals surface area contributed by atoms with Crippen molar-refractivity contribution < 1.29 is 14.8 Å². The Morgan fingerprint density at radius 2 is 2.13 bits per heavy atom. The number of nitro groups is 1. The standard InChI is InChI=1S/C9H7NO4S/c1-5(9(11)12)6-2-3-8(15)7(4-6)10(13)14/h2-4,15H,1H2,(H,11,12). The van der Waals surface area contributed by atoms with Crippen molar-refractivity contribution in [3.63, 3.8) is 0 Å². The van der Waals surface area contributed by atoms with Crippen molar-refractivity contribution in [1.82, 2.24) is 0 Å². The van der Waals surface area contributed by atoms with Crippen LogP contribution in [0.25, 0.3) is 5.57 Å². The molecule has 1 rings (SSSR count). The van der Waals surface area contributed by atoms with E-state index in [1.54, 1.807) is 0 Å². The number of carboxylic acids is 1. The second-order valence-corrected chi connectivity index (χ2v) is 3.23. The van der Waals surface area contributed by atoms with Gasteiger partial charge in [-0.1, -0.05) is 12.6 Å². The summed E-state index contributed by atoms with van der Waals surface area (Å²) in [4.78, 5) is 20.7. The van der Waals surface area contributed by atoms with Crippen LogP contribution >= 0.6 is 12.6 Å². The van der Waals surface area contributed by atoms with Gasteiger partial charge in [-0.15, -0.1) is 12.6 Å². The first-order chi connectivity index (χ1) is 6.93. The number of benzene rings is 1. The molecule has 0 saturated heterocycles. The van der Waals surface area contributed by atoms with Gasteiger partial charge in [-0.2, -0.15) is 0 Å². The monoisotopic (exact) mass is 225 g/mol. The van der Waals surface area contributed by atoms with Gasteiger partial charge in [-0.3, -0.25) is 10.1 Å². The highest BCUT2D eigenvalue weighted by Crippen LogP contribution is 2.26. The van der Waals surface area contributed by atoms with E-state index < -0.39 is 10.9 Å². The molecule has 1 N–H and O–H groups in total. The van der Waals surface area contributed by atoms with Gasteiger partial charge >= 0.3 is 5.97 Å². The van der Waals surface area contributed by atoms with Gasteiger partial charge < -0.3 is 5.11 Å². The van der Waals surface area contributed by atoms with Crippen molar-refractivity contribution in [3.8, 4) is 0 Å². The highest BCUT2D eigenvalue weighted by atomic mass is 32.1. The van der Waals surface area contributed by atoms with Gasteiger partial charge in [-0.05, 0) is 11.6 Å². The van der Waals surface area contributed by atoms with Crippen molar-refractivity contribution in [2.24, 2.45) is 0 Å². The van der Waals surface area contributed by atoms with Crippen molar-refractivity contribution in [2.45, 2.75) is 4.90 Å². The molecule has 0 fully saturated rings. The number of nitrogens with zero attached hydrogens (tertiary/aromatic N) is 1. The molecule has 78 valence electrons. The van der Waals surface area contributed by atoms with Crippen LogP contribution in [-0.2, 0) is 4.79 Å². The fourth-order valence-corrected chi connectivity index (χ4v) is 1.20. The third-order valence-corrected chi connectivity index (χ3v) is 2.16. The topological polar surface area (TPSA) is 80.4 Å². The van der Waals surface area contributed by atoms with Gasteiger partial charge in [-0.25, -0.2) is 4.79 Å². The van der Waals surface area contributed by atoms with E-state index in [9.17, 15) is 14.9 Å². The second kappa shape index (κ2) is 4.14. The zero-order valence-electron chi connectivity index (χ0n) is 7.51. The third kappa shape index (κ3) is 2.35. The first-order valence-corrected chi connectivity index (χ1v) is 4.28. The molecule has 1 aromatic rings. The van der Waals surface area contributed by atoms with Crippen LogP contribution in [0.15, 0.2) is 29.7 Å². The second-order valence-electron chi connectivity index (χ2n) is 2.74. The molecule has 0 unspecified atom stereocenters. The Morgan fingerprint density at radius 1 is 1.53 bits per heavy atom. The van der Waals surface area contributed by atoms with Gasteiger partial charge in [0, 0.05) is 6.07 Å². The lowest BCUT2D eigenvalue weighted by molar-refractivity contribution is -0.387. The molecular formula is C9H7NO4S. The molecule has 0 heterocycles. The molecular weight excluding hydrogens is 218 g/mol. The van der Waals surface area contributed by atoms with E-state index in [1.807, 2.05) is 0 Å². The summed E-state index contributed by atoms with van der Waals surface area (Å²) in [5, 5.41) is 19.2. The molecule has 0 aliphatic carbocycles. The summed E-state index contributed by atoms with van der Waals surface area (Å²) in [6, 6.07) is 3.93. The van der Waals surface area contributed by atoms with E-state index in [1.165, 1.54) is 12.1 Å². The number of hydrogen-bond donors (Lipinski definition) is 2. The lowest BCUT2D eigenvalue weighted by atomic mass is 10.1. The maximum absolute atomic E-state index is 10.6. The molecule has 0 aliphatic rings. The van der Waals surface area contributed by atoms with Crippen LogP contribution in [0.2, 0.25) is 0 Å². The number of hydrogen-bond acceptors (Lipinski definition) is 4. The van der Waals surface area contributed by atoms with E-state index in [-0.39, 0.29) is 21.7 Å². The predicted octanol–water partition coefficient (Wildman–Crippen LogP) is 1.98. The molecule has 15 heavy (non-hydrogen) atoms. The summed E-state index contributed by atoms with van der Waals surface area (Å²) in [5.74, 6) is -1.21. The van der Waals surface area contributed by atoms with Crippen LogP contribution in [0.4, 0.5) is 5.69 Å².